The summed E-state index contributed by atoms with van der Waals surface area (Å²) in [6, 6.07) is 1.89. The number of phenolic OH excluding ortho intramolecular Hbond substituents is 1. The summed E-state index contributed by atoms with van der Waals surface area (Å²) < 4.78 is 0. The van der Waals surface area contributed by atoms with Crippen molar-refractivity contribution in [3.8, 4) is 5.75 Å². The second kappa shape index (κ2) is 17.1. The molecule has 1 rings (SSSR count). The van der Waals surface area contributed by atoms with Crippen LogP contribution in [-0.4, -0.2) is 82.4 Å². The second-order valence-electron chi connectivity index (χ2n) is 8.25. The van der Waals surface area contributed by atoms with Gasteiger partial charge in [-0.1, -0.05) is 18.6 Å². The Morgan fingerprint density at radius 1 is 0.944 bits per heavy atom. The molecule has 9 N–H and O–H groups in total. The number of carbonyl (C=O) groups is 4. The van der Waals surface area contributed by atoms with E-state index in [1.807, 2.05) is 6.26 Å². The number of nitrogens with one attached hydrogen (secondary N) is 3. The van der Waals surface area contributed by atoms with Crippen molar-refractivity contribution in [1.29, 1.82) is 0 Å². The maximum atomic E-state index is 13.0. The van der Waals surface area contributed by atoms with Gasteiger partial charge < -0.3 is 37.6 Å². The number of thiol groups is 1. The smallest absolute Gasteiger partial charge is 0.326 e. The highest BCUT2D eigenvalue weighted by atomic mass is 32.2. The van der Waals surface area contributed by atoms with E-state index in [2.05, 4.69) is 28.6 Å². The van der Waals surface area contributed by atoms with E-state index in [1.54, 1.807) is 12.1 Å². The molecule has 36 heavy (non-hydrogen) atoms. The van der Waals surface area contributed by atoms with Crippen molar-refractivity contribution in [3.63, 3.8) is 0 Å². The van der Waals surface area contributed by atoms with Crippen LogP contribution in [0.25, 0.3) is 0 Å². The number of phenols is 1. The number of carbonyl (C=O) groups excluding carboxylic acids is 3. The molecule has 0 bridgehead atoms. The van der Waals surface area contributed by atoms with Gasteiger partial charge in [-0.2, -0.15) is 24.4 Å². The third-order valence-electron chi connectivity index (χ3n) is 5.36. The molecule has 0 aliphatic heterocycles. The normalized spacial score (nSPS) is 14.2. The molecule has 11 nitrogen and oxygen atoms in total. The predicted octanol–water partition coefficient (Wildman–Crippen LogP) is -0.387. The number of aliphatic carboxylic acids is 1. The van der Waals surface area contributed by atoms with Crippen LogP contribution in [0.2, 0.25) is 0 Å². The molecular weight excluding hydrogens is 506 g/mol. The fraction of sp³-hybridized carbons (Fsp3) is 0.565. The number of unbranched alkanes of at least 4 members (excludes halogenated alkanes) is 1. The first-order valence-electron chi connectivity index (χ1n) is 11.6. The zero-order valence-electron chi connectivity index (χ0n) is 20.3. The Bertz CT molecular complexity index is 858. The number of carboxylic acids is 1. The fourth-order valence-corrected chi connectivity index (χ4v) is 3.96. The molecule has 0 saturated carbocycles. The lowest BCUT2D eigenvalue weighted by Gasteiger charge is -2.24. The van der Waals surface area contributed by atoms with Crippen LogP contribution in [0.1, 0.15) is 31.2 Å². The number of aromatic hydroxyl groups is 1. The van der Waals surface area contributed by atoms with Crippen molar-refractivity contribution >= 4 is 48.1 Å². The van der Waals surface area contributed by atoms with Gasteiger partial charge in [0.2, 0.25) is 17.7 Å². The van der Waals surface area contributed by atoms with E-state index in [9.17, 15) is 29.4 Å². The zero-order chi connectivity index (χ0) is 27.1. The molecule has 4 unspecified atom stereocenters. The van der Waals surface area contributed by atoms with Crippen molar-refractivity contribution in [2.24, 2.45) is 11.5 Å². The summed E-state index contributed by atoms with van der Waals surface area (Å²) in [5, 5.41) is 26.6. The first kappa shape index (κ1) is 31.5. The van der Waals surface area contributed by atoms with Gasteiger partial charge >= 0.3 is 5.97 Å². The summed E-state index contributed by atoms with van der Waals surface area (Å²) >= 11 is 5.59. The van der Waals surface area contributed by atoms with Gasteiger partial charge in [-0.3, -0.25) is 14.4 Å². The SMILES string of the molecule is CSCCC(NC(=O)C(Cc1ccc(O)cc1)NC(=O)C(CS)NC(=O)C(N)CCCCN)C(=O)O. The lowest BCUT2D eigenvalue weighted by Crippen LogP contribution is -2.58. The van der Waals surface area contributed by atoms with Crippen molar-refractivity contribution in [1.82, 2.24) is 16.0 Å². The average Bonchev–Trinajstić information content (AvgIpc) is 2.85. The largest absolute Gasteiger partial charge is 0.508 e. The molecule has 1 aromatic rings. The first-order valence-corrected chi connectivity index (χ1v) is 13.6. The molecule has 0 fully saturated rings. The lowest BCUT2D eigenvalue weighted by atomic mass is 10.0. The number of thioether (sulfide) groups is 1. The van der Waals surface area contributed by atoms with Crippen LogP contribution in [0.15, 0.2) is 24.3 Å². The van der Waals surface area contributed by atoms with Gasteiger partial charge in [0, 0.05) is 12.2 Å². The van der Waals surface area contributed by atoms with Gasteiger partial charge in [-0.05, 0) is 55.5 Å². The standard InChI is InChI=1S/C23H37N5O6S2/c1-36-11-9-17(23(33)34)26-21(31)18(12-14-5-7-15(29)8-6-14)27-22(32)19(13-35)28-20(30)16(25)4-2-3-10-24/h5-8,16-19,29,35H,2-4,9-13,24-25H2,1H3,(H,26,31)(H,27,32)(H,28,30)(H,33,34). The van der Waals surface area contributed by atoms with E-state index >= 15 is 0 Å². The lowest BCUT2D eigenvalue weighted by molar-refractivity contribution is -0.142. The number of hydrogen-bond donors (Lipinski definition) is 8. The van der Waals surface area contributed by atoms with Crippen LogP contribution in [0.3, 0.4) is 0 Å². The number of hydrogen-bond acceptors (Lipinski definition) is 9. The van der Waals surface area contributed by atoms with Gasteiger partial charge in [0.1, 0.15) is 23.9 Å². The van der Waals surface area contributed by atoms with E-state index in [4.69, 9.17) is 11.5 Å². The summed E-state index contributed by atoms with van der Waals surface area (Å²) in [7, 11) is 0. The van der Waals surface area contributed by atoms with Gasteiger partial charge in [0.25, 0.3) is 0 Å². The van der Waals surface area contributed by atoms with Gasteiger partial charge in [-0.15, -0.1) is 0 Å². The average molecular weight is 544 g/mol. The summed E-state index contributed by atoms with van der Waals surface area (Å²) in [5.41, 5.74) is 12.0. The highest BCUT2D eigenvalue weighted by molar-refractivity contribution is 7.98. The molecule has 0 spiro atoms. The summed E-state index contributed by atoms with van der Waals surface area (Å²) in [6.45, 7) is 0.487. The Balaban J connectivity index is 2.97. The van der Waals surface area contributed by atoms with Crippen molar-refractivity contribution in [3.05, 3.63) is 29.8 Å². The maximum absolute atomic E-state index is 13.0. The summed E-state index contributed by atoms with van der Waals surface area (Å²) in [5.74, 6) is -2.56. The Hall–Kier alpha value is -2.48. The van der Waals surface area contributed by atoms with Gasteiger partial charge in [0.05, 0.1) is 6.04 Å². The molecule has 0 radical (unpaired) electrons. The van der Waals surface area contributed by atoms with Crippen LogP contribution in [0, 0.1) is 0 Å². The van der Waals surface area contributed by atoms with E-state index in [1.165, 1.54) is 23.9 Å². The van der Waals surface area contributed by atoms with Crippen LogP contribution >= 0.6 is 24.4 Å². The first-order chi connectivity index (χ1) is 17.1. The predicted molar refractivity (Wildman–Crippen MR) is 143 cm³/mol. The molecular formula is C23H37N5O6S2. The molecule has 13 heteroatoms. The van der Waals surface area contributed by atoms with Crippen LogP contribution < -0.4 is 27.4 Å². The quantitative estimate of drug-likeness (QED) is 0.0953. The number of benzene rings is 1. The Morgan fingerprint density at radius 2 is 1.53 bits per heavy atom. The Kier molecular flexibility index (Phi) is 14.9. The van der Waals surface area contributed by atoms with Gasteiger partial charge in [0.15, 0.2) is 0 Å². The van der Waals surface area contributed by atoms with E-state index in [-0.39, 0.29) is 24.3 Å². The zero-order valence-corrected chi connectivity index (χ0v) is 22.0. The highest BCUT2D eigenvalue weighted by Gasteiger charge is 2.30. The van der Waals surface area contributed by atoms with Crippen molar-refractivity contribution in [2.45, 2.75) is 56.3 Å². The summed E-state index contributed by atoms with van der Waals surface area (Å²) in [6.07, 6.45) is 3.85. The number of amides is 3. The molecule has 0 aliphatic carbocycles. The van der Waals surface area contributed by atoms with Crippen LogP contribution in [0.5, 0.6) is 5.75 Å². The topological polar surface area (TPSA) is 197 Å². The number of nitrogens with two attached hydrogens (primary N) is 2. The fourth-order valence-electron chi connectivity index (χ4n) is 3.23. The van der Waals surface area contributed by atoms with Gasteiger partial charge in [-0.25, -0.2) is 4.79 Å². The third-order valence-corrected chi connectivity index (χ3v) is 6.37. The number of carboxylic acid groups (broad SMARTS) is 1. The molecule has 3 amide bonds. The minimum Gasteiger partial charge on any atom is -0.508 e. The second-order valence-corrected chi connectivity index (χ2v) is 9.60. The minimum atomic E-state index is -1.18. The molecule has 4 atom stereocenters. The molecule has 1 aromatic carbocycles. The summed E-state index contributed by atoms with van der Waals surface area (Å²) in [4.78, 5) is 50.0. The highest BCUT2D eigenvalue weighted by Crippen LogP contribution is 2.12. The maximum Gasteiger partial charge on any atom is 0.326 e. The Morgan fingerprint density at radius 3 is 2.08 bits per heavy atom. The molecule has 0 heterocycles. The molecule has 202 valence electrons. The molecule has 0 aliphatic rings. The van der Waals surface area contributed by atoms with E-state index < -0.39 is 47.9 Å². The van der Waals surface area contributed by atoms with Crippen molar-refractivity contribution in [2.75, 3.05) is 24.3 Å². The van der Waals surface area contributed by atoms with Crippen molar-refractivity contribution < 1.29 is 29.4 Å². The molecule has 0 aromatic heterocycles. The Labute approximate surface area is 220 Å². The van der Waals surface area contributed by atoms with Crippen LogP contribution in [0.4, 0.5) is 0 Å². The minimum absolute atomic E-state index is 0.0263. The van der Waals surface area contributed by atoms with E-state index in [0.29, 0.717) is 30.7 Å². The van der Waals surface area contributed by atoms with Crippen LogP contribution in [-0.2, 0) is 25.6 Å². The number of rotatable bonds is 17. The molecule has 0 saturated heterocycles. The monoisotopic (exact) mass is 543 g/mol. The third kappa shape index (κ3) is 11.5. The van der Waals surface area contributed by atoms with E-state index in [0.717, 1.165) is 6.42 Å².